The van der Waals surface area contributed by atoms with Gasteiger partial charge in [0, 0.05) is 13.1 Å². The molecule has 1 aliphatic rings. The largest absolute Gasteiger partial charge is 0.507 e. The van der Waals surface area contributed by atoms with Gasteiger partial charge in [-0.05, 0) is 18.6 Å². The van der Waals surface area contributed by atoms with Crippen LogP contribution in [-0.2, 0) is 13.1 Å². The number of hydrogen-bond donors (Lipinski definition) is 1. The fourth-order valence-electron chi connectivity index (χ4n) is 2.24. The minimum Gasteiger partial charge on any atom is -0.507 e. The van der Waals surface area contributed by atoms with Gasteiger partial charge in [0.25, 0.3) is 5.91 Å². The van der Waals surface area contributed by atoms with Gasteiger partial charge in [0.05, 0.1) is 12.1 Å². The van der Waals surface area contributed by atoms with Crippen LogP contribution >= 0.6 is 0 Å². The van der Waals surface area contributed by atoms with Crippen LogP contribution in [0.5, 0.6) is 5.75 Å². The second-order valence-corrected chi connectivity index (χ2v) is 4.64. The fourth-order valence-corrected chi connectivity index (χ4v) is 2.24. The van der Waals surface area contributed by atoms with E-state index < -0.39 is 0 Å². The molecule has 0 unspecified atom stereocenters. The molecule has 0 aliphatic carbocycles. The molecule has 6 nitrogen and oxygen atoms in total. The van der Waals surface area contributed by atoms with Crippen molar-refractivity contribution in [1.82, 2.24) is 19.7 Å². The van der Waals surface area contributed by atoms with Gasteiger partial charge in [-0.1, -0.05) is 12.1 Å². The molecule has 1 amide bonds. The lowest BCUT2D eigenvalue weighted by Crippen LogP contribution is -2.38. The van der Waals surface area contributed by atoms with E-state index in [2.05, 4.69) is 10.2 Å². The third-order valence-corrected chi connectivity index (χ3v) is 3.39. The van der Waals surface area contributed by atoms with Crippen LogP contribution in [0.3, 0.4) is 0 Å². The SMILES string of the molecule is Cc1cccc(C(=O)N2CCn3cnnc3C2)c1O. The summed E-state index contributed by atoms with van der Waals surface area (Å²) in [4.78, 5) is 14.1. The van der Waals surface area contributed by atoms with E-state index in [-0.39, 0.29) is 11.7 Å². The van der Waals surface area contributed by atoms with E-state index in [1.165, 1.54) is 0 Å². The molecule has 1 aromatic carbocycles. The summed E-state index contributed by atoms with van der Waals surface area (Å²) in [6.07, 6.45) is 1.67. The van der Waals surface area contributed by atoms with Crippen LogP contribution in [-0.4, -0.2) is 37.2 Å². The Morgan fingerprint density at radius 1 is 1.37 bits per heavy atom. The van der Waals surface area contributed by atoms with Crippen molar-refractivity contribution in [3.8, 4) is 5.75 Å². The van der Waals surface area contributed by atoms with Crippen LogP contribution in [0.25, 0.3) is 0 Å². The van der Waals surface area contributed by atoms with Gasteiger partial charge in [-0.3, -0.25) is 4.79 Å². The Labute approximate surface area is 110 Å². The monoisotopic (exact) mass is 258 g/mol. The molecule has 98 valence electrons. The summed E-state index contributed by atoms with van der Waals surface area (Å²) >= 11 is 0. The number of aryl methyl sites for hydroxylation is 1. The fraction of sp³-hybridized carbons (Fsp3) is 0.308. The number of benzene rings is 1. The smallest absolute Gasteiger partial charge is 0.258 e. The zero-order valence-corrected chi connectivity index (χ0v) is 10.6. The van der Waals surface area contributed by atoms with Crippen molar-refractivity contribution in [1.29, 1.82) is 0 Å². The van der Waals surface area contributed by atoms with Crippen LogP contribution in [0, 0.1) is 6.92 Å². The van der Waals surface area contributed by atoms with Gasteiger partial charge in [-0.25, -0.2) is 0 Å². The van der Waals surface area contributed by atoms with Gasteiger partial charge in [0.1, 0.15) is 12.1 Å². The van der Waals surface area contributed by atoms with Gasteiger partial charge in [0.2, 0.25) is 0 Å². The zero-order chi connectivity index (χ0) is 13.4. The first-order valence-corrected chi connectivity index (χ1v) is 6.11. The zero-order valence-electron chi connectivity index (χ0n) is 10.6. The average molecular weight is 258 g/mol. The number of phenolic OH excluding ortho intramolecular Hbond substituents is 1. The second kappa shape index (κ2) is 4.38. The summed E-state index contributed by atoms with van der Waals surface area (Å²) in [6.45, 7) is 3.48. The number of aromatic nitrogens is 3. The number of nitrogens with zero attached hydrogens (tertiary/aromatic N) is 4. The molecule has 1 N–H and O–H groups in total. The third kappa shape index (κ3) is 1.95. The first-order valence-electron chi connectivity index (χ1n) is 6.11. The summed E-state index contributed by atoms with van der Waals surface area (Å²) in [5.74, 6) is 0.654. The topological polar surface area (TPSA) is 71.2 Å². The number of amides is 1. The van der Waals surface area contributed by atoms with Crippen molar-refractivity contribution < 1.29 is 9.90 Å². The number of para-hydroxylation sites is 1. The number of aromatic hydroxyl groups is 1. The molecule has 0 saturated heterocycles. The molecule has 0 fully saturated rings. The van der Waals surface area contributed by atoms with Crippen molar-refractivity contribution in [3.63, 3.8) is 0 Å². The van der Waals surface area contributed by atoms with Crippen LogP contribution in [0.15, 0.2) is 24.5 Å². The average Bonchev–Trinajstić information content (AvgIpc) is 2.88. The van der Waals surface area contributed by atoms with E-state index >= 15 is 0 Å². The Kier molecular flexibility index (Phi) is 2.70. The Hall–Kier alpha value is -2.37. The van der Waals surface area contributed by atoms with Gasteiger partial charge < -0.3 is 14.6 Å². The van der Waals surface area contributed by atoms with Gasteiger partial charge >= 0.3 is 0 Å². The quantitative estimate of drug-likeness (QED) is 0.826. The first kappa shape index (κ1) is 11.7. The maximum Gasteiger partial charge on any atom is 0.258 e. The predicted molar refractivity (Wildman–Crippen MR) is 67.6 cm³/mol. The molecule has 6 heteroatoms. The molecule has 1 aliphatic heterocycles. The van der Waals surface area contributed by atoms with E-state index in [0.29, 0.717) is 30.8 Å². The number of fused-ring (bicyclic) bond motifs is 1. The molecule has 0 spiro atoms. The van der Waals surface area contributed by atoms with E-state index in [1.54, 1.807) is 36.4 Å². The molecular weight excluding hydrogens is 244 g/mol. The first-order chi connectivity index (χ1) is 9.16. The second-order valence-electron chi connectivity index (χ2n) is 4.64. The molecule has 0 radical (unpaired) electrons. The van der Waals surface area contributed by atoms with Gasteiger partial charge in [-0.15, -0.1) is 10.2 Å². The molecule has 2 aromatic rings. The number of rotatable bonds is 1. The molecule has 1 aromatic heterocycles. The summed E-state index contributed by atoms with van der Waals surface area (Å²) in [5, 5.41) is 17.8. The van der Waals surface area contributed by atoms with Crippen molar-refractivity contribution in [3.05, 3.63) is 41.5 Å². The van der Waals surface area contributed by atoms with Crippen molar-refractivity contribution in [2.24, 2.45) is 0 Å². The highest BCUT2D eigenvalue weighted by atomic mass is 16.3. The number of carbonyl (C=O) groups is 1. The Morgan fingerprint density at radius 2 is 2.21 bits per heavy atom. The van der Waals surface area contributed by atoms with Crippen molar-refractivity contribution >= 4 is 5.91 Å². The number of phenols is 1. The number of hydrogen-bond acceptors (Lipinski definition) is 4. The number of carbonyl (C=O) groups excluding carboxylic acids is 1. The summed E-state index contributed by atoms with van der Waals surface area (Å²) in [5.41, 5.74) is 1.04. The van der Waals surface area contributed by atoms with Crippen molar-refractivity contribution in [2.75, 3.05) is 6.54 Å². The van der Waals surface area contributed by atoms with Crippen LogP contribution in [0.1, 0.15) is 21.7 Å². The Morgan fingerprint density at radius 3 is 3.05 bits per heavy atom. The highest BCUT2D eigenvalue weighted by Crippen LogP contribution is 2.24. The van der Waals surface area contributed by atoms with Crippen LogP contribution < -0.4 is 0 Å². The molecule has 2 heterocycles. The van der Waals surface area contributed by atoms with E-state index in [9.17, 15) is 9.90 Å². The lowest BCUT2D eigenvalue weighted by atomic mass is 10.1. The van der Waals surface area contributed by atoms with Crippen LogP contribution in [0.2, 0.25) is 0 Å². The lowest BCUT2D eigenvalue weighted by Gasteiger charge is -2.27. The lowest BCUT2D eigenvalue weighted by molar-refractivity contribution is 0.0704. The van der Waals surface area contributed by atoms with Gasteiger partial charge in [0.15, 0.2) is 5.82 Å². The predicted octanol–water partition coefficient (Wildman–Crippen LogP) is 0.948. The summed E-state index contributed by atoms with van der Waals surface area (Å²) < 4.78 is 1.93. The van der Waals surface area contributed by atoms with E-state index in [4.69, 9.17) is 0 Å². The minimum atomic E-state index is -0.171. The molecule has 0 atom stereocenters. The summed E-state index contributed by atoms with van der Waals surface area (Å²) in [7, 11) is 0. The molecule has 19 heavy (non-hydrogen) atoms. The molecule has 0 bridgehead atoms. The van der Waals surface area contributed by atoms with Crippen LogP contribution in [0.4, 0.5) is 0 Å². The highest BCUT2D eigenvalue weighted by Gasteiger charge is 2.24. The van der Waals surface area contributed by atoms with Crippen molar-refractivity contribution in [2.45, 2.75) is 20.0 Å². The van der Waals surface area contributed by atoms with E-state index in [0.717, 1.165) is 5.82 Å². The Balaban J connectivity index is 1.88. The Bertz CT molecular complexity index is 635. The minimum absolute atomic E-state index is 0.0551. The normalized spacial score (nSPS) is 14.3. The maximum atomic E-state index is 12.4. The molecule has 3 rings (SSSR count). The summed E-state index contributed by atoms with van der Waals surface area (Å²) in [6, 6.07) is 5.19. The standard InChI is InChI=1S/C13H14N4O2/c1-9-3-2-4-10(12(9)18)13(19)16-5-6-17-8-14-15-11(17)7-16/h2-4,8,18H,5-7H2,1H3. The molecule has 0 saturated carbocycles. The maximum absolute atomic E-state index is 12.4. The van der Waals surface area contributed by atoms with E-state index in [1.807, 2.05) is 4.57 Å². The third-order valence-electron chi connectivity index (χ3n) is 3.39. The highest BCUT2D eigenvalue weighted by molar-refractivity contribution is 5.97. The molecular formula is C13H14N4O2. The van der Waals surface area contributed by atoms with Gasteiger partial charge in [-0.2, -0.15) is 0 Å².